The standard InChI is InChI=1S/C12H16O2/c1-8-4-9(2)6-11(5-8)7-10(3)12(13)14/h4-6,10H,7H2,1-3H3,(H,13,14)/t10-/m1/s1. The van der Waals surface area contributed by atoms with Gasteiger partial charge in [0.05, 0.1) is 5.92 Å². The number of aliphatic carboxylic acids is 1. The van der Waals surface area contributed by atoms with Crippen LogP contribution in [0, 0.1) is 19.8 Å². The van der Waals surface area contributed by atoms with E-state index in [2.05, 4.69) is 6.07 Å². The molecule has 14 heavy (non-hydrogen) atoms. The molecule has 0 aliphatic carbocycles. The molecule has 0 aliphatic rings. The van der Waals surface area contributed by atoms with Gasteiger partial charge >= 0.3 is 5.97 Å². The minimum atomic E-state index is -0.732. The molecule has 1 rings (SSSR count). The van der Waals surface area contributed by atoms with Gasteiger partial charge < -0.3 is 5.11 Å². The van der Waals surface area contributed by atoms with Crippen LogP contribution in [0.25, 0.3) is 0 Å². The summed E-state index contributed by atoms with van der Waals surface area (Å²) in [7, 11) is 0. The van der Waals surface area contributed by atoms with Gasteiger partial charge in [0.2, 0.25) is 0 Å². The van der Waals surface area contributed by atoms with Crippen molar-refractivity contribution in [2.24, 2.45) is 5.92 Å². The lowest BCUT2D eigenvalue weighted by Gasteiger charge is -2.08. The lowest BCUT2D eigenvalue weighted by Crippen LogP contribution is -2.12. The molecule has 0 spiro atoms. The van der Waals surface area contributed by atoms with Gasteiger partial charge in [0.15, 0.2) is 0 Å². The Morgan fingerprint density at radius 1 is 1.29 bits per heavy atom. The minimum Gasteiger partial charge on any atom is -0.481 e. The van der Waals surface area contributed by atoms with Crippen molar-refractivity contribution >= 4 is 5.97 Å². The molecule has 2 heteroatoms. The average Bonchev–Trinajstić information content (AvgIpc) is 2.01. The highest BCUT2D eigenvalue weighted by atomic mass is 16.4. The van der Waals surface area contributed by atoms with E-state index in [-0.39, 0.29) is 5.92 Å². The summed E-state index contributed by atoms with van der Waals surface area (Å²) in [5.41, 5.74) is 3.49. The van der Waals surface area contributed by atoms with Gasteiger partial charge in [0.25, 0.3) is 0 Å². The molecule has 76 valence electrons. The predicted octanol–water partition coefficient (Wildman–Crippen LogP) is 2.57. The Hall–Kier alpha value is -1.31. The van der Waals surface area contributed by atoms with Crippen molar-refractivity contribution in [3.63, 3.8) is 0 Å². The van der Waals surface area contributed by atoms with Gasteiger partial charge in [-0.25, -0.2) is 0 Å². The second-order valence-corrected chi connectivity index (χ2v) is 3.94. The Morgan fingerprint density at radius 3 is 2.21 bits per heavy atom. The summed E-state index contributed by atoms with van der Waals surface area (Å²) < 4.78 is 0. The quantitative estimate of drug-likeness (QED) is 0.799. The van der Waals surface area contributed by atoms with Gasteiger partial charge in [0.1, 0.15) is 0 Å². The van der Waals surface area contributed by atoms with Gasteiger partial charge in [-0.1, -0.05) is 36.2 Å². The Morgan fingerprint density at radius 2 is 1.79 bits per heavy atom. The molecule has 0 aromatic heterocycles. The Kier molecular flexibility index (Phi) is 3.28. The van der Waals surface area contributed by atoms with E-state index in [9.17, 15) is 4.79 Å². The first-order chi connectivity index (χ1) is 6.49. The van der Waals surface area contributed by atoms with Gasteiger partial charge in [-0.15, -0.1) is 0 Å². The van der Waals surface area contributed by atoms with E-state index in [1.807, 2.05) is 26.0 Å². The summed E-state index contributed by atoms with van der Waals surface area (Å²) in [6, 6.07) is 6.19. The van der Waals surface area contributed by atoms with E-state index < -0.39 is 5.97 Å². The lowest BCUT2D eigenvalue weighted by atomic mass is 9.98. The van der Waals surface area contributed by atoms with E-state index in [1.165, 1.54) is 11.1 Å². The number of rotatable bonds is 3. The second-order valence-electron chi connectivity index (χ2n) is 3.94. The first-order valence-electron chi connectivity index (χ1n) is 4.79. The highest BCUT2D eigenvalue weighted by Crippen LogP contribution is 2.13. The maximum absolute atomic E-state index is 10.7. The SMILES string of the molecule is Cc1cc(C)cc(C[C@@H](C)C(=O)O)c1. The highest BCUT2D eigenvalue weighted by molar-refractivity contribution is 5.69. The van der Waals surface area contributed by atoms with E-state index in [0.717, 1.165) is 5.56 Å². The van der Waals surface area contributed by atoms with Crippen LogP contribution in [0.2, 0.25) is 0 Å². The zero-order valence-corrected chi connectivity index (χ0v) is 8.87. The van der Waals surface area contributed by atoms with Gasteiger partial charge in [-0.2, -0.15) is 0 Å². The summed E-state index contributed by atoms with van der Waals surface area (Å²) in [6.45, 7) is 5.80. The zero-order valence-electron chi connectivity index (χ0n) is 8.87. The van der Waals surface area contributed by atoms with Crippen LogP contribution < -0.4 is 0 Å². The van der Waals surface area contributed by atoms with Crippen LogP contribution in [0.3, 0.4) is 0 Å². The topological polar surface area (TPSA) is 37.3 Å². The molecule has 2 nitrogen and oxygen atoms in total. The van der Waals surface area contributed by atoms with E-state index >= 15 is 0 Å². The molecule has 0 unspecified atom stereocenters. The van der Waals surface area contributed by atoms with Crippen LogP contribution in [-0.4, -0.2) is 11.1 Å². The first kappa shape index (κ1) is 10.8. The number of hydrogen-bond acceptors (Lipinski definition) is 1. The van der Waals surface area contributed by atoms with Crippen LogP contribution in [0.1, 0.15) is 23.6 Å². The molecule has 0 bridgehead atoms. The largest absolute Gasteiger partial charge is 0.481 e. The third-order valence-electron chi connectivity index (χ3n) is 2.24. The third kappa shape index (κ3) is 2.87. The number of aryl methyl sites for hydroxylation is 2. The summed E-state index contributed by atoms with van der Waals surface area (Å²) in [5.74, 6) is -1.04. The number of carbonyl (C=O) groups is 1. The van der Waals surface area contributed by atoms with Gasteiger partial charge in [-0.3, -0.25) is 4.79 Å². The minimum absolute atomic E-state index is 0.309. The fraction of sp³-hybridized carbons (Fsp3) is 0.417. The number of carboxylic acid groups (broad SMARTS) is 1. The van der Waals surface area contributed by atoms with E-state index in [1.54, 1.807) is 6.92 Å². The molecule has 0 radical (unpaired) electrons. The van der Waals surface area contributed by atoms with Crippen LogP contribution in [-0.2, 0) is 11.2 Å². The average molecular weight is 192 g/mol. The van der Waals surface area contributed by atoms with Gasteiger partial charge in [0, 0.05) is 0 Å². The molecule has 0 aliphatic heterocycles. The number of hydrogen-bond donors (Lipinski definition) is 1. The monoisotopic (exact) mass is 192 g/mol. The van der Waals surface area contributed by atoms with E-state index in [4.69, 9.17) is 5.11 Å². The van der Waals surface area contributed by atoms with Crippen molar-refractivity contribution in [1.82, 2.24) is 0 Å². The molecule has 1 aromatic carbocycles. The maximum atomic E-state index is 10.7. The fourth-order valence-corrected chi connectivity index (χ4v) is 1.63. The number of carboxylic acids is 1. The number of benzene rings is 1. The Bertz CT molecular complexity index is 322. The smallest absolute Gasteiger partial charge is 0.306 e. The molecular weight excluding hydrogens is 176 g/mol. The third-order valence-corrected chi connectivity index (χ3v) is 2.24. The van der Waals surface area contributed by atoms with Crippen molar-refractivity contribution in [3.05, 3.63) is 34.9 Å². The predicted molar refractivity (Wildman–Crippen MR) is 56.4 cm³/mol. The zero-order chi connectivity index (χ0) is 10.7. The fourth-order valence-electron chi connectivity index (χ4n) is 1.63. The molecular formula is C12H16O2. The maximum Gasteiger partial charge on any atom is 0.306 e. The molecule has 0 heterocycles. The molecule has 1 atom stereocenters. The van der Waals surface area contributed by atoms with Crippen molar-refractivity contribution in [3.8, 4) is 0 Å². The van der Waals surface area contributed by atoms with Crippen LogP contribution in [0.5, 0.6) is 0 Å². The molecule has 1 aromatic rings. The van der Waals surface area contributed by atoms with Crippen LogP contribution in [0.4, 0.5) is 0 Å². The Labute approximate surface area is 84.6 Å². The van der Waals surface area contributed by atoms with Crippen molar-refractivity contribution < 1.29 is 9.90 Å². The lowest BCUT2D eigenvalue weighted by molar-refractivity contribution is -0.141. The summed E-state index contributed by atoms with van der Waals surface area (Å²) in [5, 5.41) is 8.78. The Balaban J connectivity index is 2.81. The summed E-state index contributed by atoms with van der Waals surface area (Å²) in [6.07, 6.45) is 0.609. The van der Waals surface area contributed by atoms with Crippen LogP contribution >= 0.6 is 0 Å². The summed E-state index contributed by atoms with van der Waals surface area (Å²) >= 11 is 0. The molecule has 0 saturated carbocycles. The van der Waals surface area contributed by atoms with Gasteiger partial charge in [-0.05, 0) is 25.8 Å². The highest BCUT2D eigenvalue weighted by Gasteiger charge is 2.11. The van der Waals surface area contributed by atoms with Crippen molar-refractivity contribution in [2.75, 3.05) is 0 Å². The van der Waals surface area contributed by atoms with Crippen molar-refractivity contribution in [2.45, 2.75) is 27.2 Å². The molecule has 0 saturated heterocycles. The van der Waals surface area contributed by atoms with Crippen LogP contribution in [0.15, 0.2) is 18.2 Å². The molecule has 1 N–H and O–H groups in total. The van der Waals surface area contributed by atoms with Crippen molar-refractivity contribution in [1.29, 1.82) is 0 Å². The second kappa shape index (κ2) is 4.27. The first-order valence-corrected chi connectivity index (χ1v) is 4.79. The van der Waals surface area contributed by atoms with E-state index in [0.29, 0.717) is 6.42 Å². The molecule has 0 amide bonds. The summed E-state index contributed by atoms with van der Waals surface area (Å²) in [4.78, 5) is 10.7. The normalized spacial score (nSPS) is 12.5. The molecule has 0 fully saturated rings.